The number of aryl methyl sites for hydroxylation is 1. The van der Waals surface area contributed by atoms with Crippen LogP contribution in [0.25, 0.3) is 16.6 Å². The average Bonchev–Trinajstić information content (AvgIpc) is 3.68. The monoisotopic (exact) mass is 522 g/mol. The van der Waals surface area contributed by atoms with Crippen LogP contribution in [0.2, 0.25) is 0 Å². The van der Waals surface area contributed by atoms with Gasteiger partial charge in [-0.25, -0.2) is 0 Å². The van der Waals surface area contributed by atoms with Crippen molar-refractivity contribution in [2.75, 3.05) is 26.2 Å². The number of benzene rings is 2. The maximum atomic E-state index is 14.1. The molecule has 7 heteroatoms. The highest BCUT2D eigenvalue weighted by molar-refractivity contribution is 5.98. The summed E-state index contributed by atoms with van der Waals surface area (Å²) >= 11 is 0. The van der Waals surface area contributed by atoms with Gasteiger partial charge in [-0.3, -0.25) is 9.59 Å². The topological polar surface area (TPSA) is 59.7 Å². The number of carbonyl (C=O) groups excluding carboxylic acids is 2. The number of piperidine rings is 1. The van der Waals surface area contributed by atoms with Gasteiger partial charge in [0.2, 0.25) is 0 Å². The van der Waals surface area contributed by atoms with Gasteiger partial charge in [-0.05, 0) is 61.9 Å². The van der Waals surface area contributed by atoms with Crippen LogP contribution in [-0.2, 0) is 28.8 Å². The molecule has 5 heterocycles. The molecule has 2 amide bonds. The molecular weight excluding hydrogens is 488 g/mol. The second kappa shape index (κ2) is 8.85. The lowest BCUT2D eigenvalue weighted by Gasteiger charge is -2.40. The summed E-state index contributed by atoms with van der Waals surface area (Å²) in [4.78, 5) is 31.6. The van der Waals surface area contributed by atoms with Gasteiger partial charge in [0.1, 0.15) is 5.69 Å². The number of likely N-dealkylation sites (tertiary alicyclic amines) is 2. The lowest BCUT2D eigenvalue weighted by atomic mass is 9.77. The number of hydrogen-bond acceptors (Lipinski definition) is 3. The minimum Gasteiger partial charge on any atom is -0.354 e. The molecule has 3 aliphatic rings. The zero-order valence-electron chi connectivity index (χ0n) is 22.6. The SMILES string of the molecule is Cn1c(C(=O)N2CCC3(CC2)CCN(C(=O)C2(C)OCc4ccccc4-n4cccc42)C3)cc2ccccc21. The highest BCUT2D eigenvalue weighted by Gasteiger charge is 2.49. The van der Waals surface area contributed by atoms with E-state index in [9.17, 15) is 9.59 Å². The highest BCUT2D eigenvalue weighted by Crippen LogP contribution is 2.43. The molecule has 2 saturated heterocycles. The average molecular weight is 523 g/mol. The van der Waals surface area contributed by atoms with Crippen molar-refractivity contribution in [2.45, 2.75) is 38.4 Å². The number of hydrogen-bond donors (Lipinski definition) is 0. The van der Waals surface area contributed by atoms with Crippen LogP contribution in [0.3, 0.4) is 0 Å². The number of rotatable bonds is 2. The number of nitrogens with zero attached hydrogens (tertiary/aromatic N) is 4. The van der Waals surface area contributed by atoms with Crippen molar-refractivity contribution < 1.29 is 14.3 Å². The Morgan fingerprint density at radius 1 is 0.872 bits per heavy atom. The molecule has 0 bridgehead atoms. The van der Waals surface area contributed by atoms with E-state index in [1.54, 1.807) is 0 Å². The molecule has 0 aliphatic carbocycles. The lowest BCUT2D eigenvalue weighted by Crippen LogP contribution is -2.48. The Morgan fingerprint density at radius 3 is 2.38 bits per heavy atom. The molecule has 1 unspecified atom stereocenters. The maximum Gasteiger partial charge on any atom is 0.270 e. The first kappa shape index (κ1) is 24.2. The number of aromatic nitrogens is 2. The molecule has 7 nitrogen and oxygen atoms in total. The predicted molar refractivity (Wildman–Crippen MR) is 150 cm³/mol. The molecule has 1 spiro atoms. The number of para-hydroxylation sites is 2. The van der Waals surface area contributed by atoms with Crippen molar-refractivity contribution >= 4 is 22.7 Å². The molecule has 7 rings (SSSR count). The zero-order chi connectivity index (χ0) is 26.8. The molecule has 0 radical (unpaired) electrons. The van der Waals surface area contributed by atoms with Gasteiger partial charge in [-0.15, -0.1) is 0 Å². The van der Waals surface area contributed by atoms with Gasteiger partial charge >= 0.3 is 0 Å². The van der Waals surface area contributed by atoms with E-state index in [2.05, 4.69) is 28.8 Å². The number of amides is 2. The van der Waals surface area contributed by atoms with Crippen LogP contribution in [0, 0.1) is 5.41 Å². The van der Waals surface area contributed by atoms with Crippen molar-refractivity contribution in [2.24, 2.45) is 12.5 Å². The molecule has 39 heavy (non-hydrogen) atoms. The van der Waals surface area contributed by atoms with E-state index < -0.39 is 5.60 Å². The van der Waals surface area contributed by atoms with Crippen LogP contribution in [-0.4, -0.2) is 56.9 Å². The van der Waals surface area contributed by atoms with Gasteiger partial charge in [-0.1, -0.05) is 36.4 Å². The fourth-order valence-corrected chi connectivity index (χ4v) is 6.97. The summed E-state index contributed by atoms with van der Waals surface area (Å²) in [5, 5.41) is 1.09. The normalized spacial score (nSPS) is 22.1. The van der Waals surface area contributed by atoms with Gasteiger partial charge in [0.05, 0.1) is 18.0 Å². The smallest absolute Gasteiger partial charge is 0.270 e. The molecule has 2 fully saturated rings. The Morgan fingerprint density at radius 2 is 1.59 bits per heavy atom. The lowest BCUT2D eigenvalue weighted by molar-refractivity contribution is -0.159. The Bertz CT molecular complexity index is 1590. The van der Waals surface area contributed by atoms with Crippen molar-refractivity contribution in [1.82, 2.24) is 18.9 Å². The fraction of sp³-hybridized carbons (Fsp3) is 0.375. The molecule has 200 valence electrons. The van der Waals surface area contributed by atoms with E-state index in [1.165, 1.54) is 0 Å². The number of fused-ring (bicyclic) bond motifs is 4. The molecular formula is C32H34N4O3. The summed E-state index contributed by atoms with van der Waals surface area (Å²) in [6.45, 7) is 5.19. The van der Waals surface area contributed by atoms with Gasteiger partial charge < -0.3 is 23.7 Å². The standard InChI is InChI=1S/C32H34N4O3/c1-31(28-12-7-16-36(28)26-11-6-4-9-24(26)21-39-31)30(38)35-19-15-32(22-35)13-17-34(18-14-32)29(37)27-20-23-8-3-5-10-25(23)33(27)2/h3-12,16,20H,13-15,17-19,21-22H2,1-2H3. The Labute approximate surface area is 228 Å². The van der Waals surface area contributed by atoms with E-state index in [-0.39, 0.29) is 17.2 Å². The van der Waals surface area contributed by atoms with Crippen molar-refractivity contribution in [3.63, 3.8) is 0 Å². The summed E-state index contributed by atoms with van der Waals surface area (Å²) in [6.07, 6.45) is 4.80. The molecule has 0 N–H and O–H groups in total. The quantitative estimate of drug-likeness (QED) is 0.378. The molecule has 4 aromatic rings. The van der Waals surface area contributed by atoms with Gasteiger partial charge in [-0.2, -0.15) is 0 Å². The Kier molecular flexibility index (Phi) is 5.49. The number of ether oxygens (including phenoxy) is 1. The molecule has 3 aliphatic heterocycles. The van der Waals surface area contributed by atoms with Crippen molar-refractivity contribution in [3.05, 3.63) is 89.9 Å². The van der Waals surface area contributed by atoms with Crippen LogP contribution in [0.15, 0.2) is 72.9 Å². The summed E-state index contributed by atoms with van der Waals surface area (Å²) in [5.41, 5.74) is 3.81. The molecule has 2 aromatic carbocycles. The first-order valence-electron chi connectivity index (χ1n) is 13.9. The van der Waals surface area contributed by atoms with E-state index >= 15 is 0 Å². The van der Waals surface area contributed by atoms with Crippen molar-refractivity contribution in [3.8, 4) is 5.69 Å². The third-order valence-corrected chi connectivity index (χ3v) is 9.42. The molecule has 2 aromatic heterocycles. The third-order valence-electron chi connectivity index (χ3n) is 9.42. The minimum atomic E-state index is -1.06. The van der Waals surface area contributed by atoms with E-state index in [4.69, 9.17) is 4.74 Å². The first-order chi connectivity index (χ1) is 18.9. The summed E-state index contributed by atoms with van der Waals surface area (Å²) in [7, 11) is 1.96. The minimum absolute atomic E-state index is 0.0288. The first-order valence-corrected chi connectivity index (χ1v) is 13.9. The maximum absolute atomic E-state index is 14.1. The van der Waals surface area contributed by atoms with Crippen molar-refractivity contribution in [1.29, 1.82) is 0 Å². The second-order valence-electron chi connectivity index (χ2n) is 11.6. The number of carbonyl (C=O) groups is 2. The van der Waals surface area contributed by atoms with E-state index in [1.807, 2.05) is 77.0 Å². The van der Waals surface area contributed by atoms with Gasteiger partial charge in [0, 0.05) is 55.9 Å². The van der Waals surface area contributed by atoms with Gasteiger partial charge in [0.25, 0.3) is 11.8 Å². The zero-order valence-corrected chi connectivity index (χ0v) is 22.6. The largest absolute Gasteiger partial charge is 0.354 e. The van der Waals surface area contributed by atoms with Crippen LogP contribution in [0.4, 0.5) is 0 Å². The molecule has 0 saturated carbocycles. The second-order valence-corrected chi connectivity index (χ2v) is 11.6. The highest BCUT2D eigenvalue weighted by atomic mass is 16.5. The van der Waals surface area contributed by atoms with Crippen LogP contribution < -0.4 is 0 Å². The van der Waals surface area contributed by atoms with Crippen LogP contribution in [0.1, 0.15) is 47.9 Å². The van der Waals surface area contributed by atoms with Crippen LogP contribution in [0.5, 0.6) is 0 Å². The fourth-order valence-electron chi connectivity index (χ4n) is 6.97. The Hall–Kier alpha value is -3.84. The third kappa shape index (κ3) is 3.74. The summed E-state index contributed by atoms with van der Waals surface area (Å²) < 4.78 is 10.5. The van der Waals surface area contributed by atoms with E-state index in [0.29, 0.717) is 26.2 Å². The summed E-state index contributed by atoms with van der Waals surface area (Å²) in [5.74, 6) is 0.121. The van der Waals surface area contributed by atoms with Crippen LogP contribution >= 0.6 is 0 Å². The Balaban J connectivity index is 1.06. The predicted octanol–water partition coefficient (Wildman–Crippen LogP) is 4.87. The molecule has 1 atom stereocenters. The summed E-state index contributed by atoms with van der Waals surface area (Å²) in [6, 6.07) is 22.3. The van der Waals surface area contributed by atoms with Gasteiger partial charge in [0.15, 0.2) is 5.60 Å². The van der Waals surface area contributed by atoms with E-state index in [0.717, 1.165) is 59.3 Å².